The van der Waals surface area contributed by atoms with E-state index in [1.165, 1.54) is 0 Å². The molecule has 0 aliphatic carbocycles. The molecule has 0 saturated heterocycles. The zero-order valence-corrected chi connectivity index (χ0v) is 9.24. The van der Waals surface area contributed by atoms with Crippen molar-refractivity contribution in [3.8, 4) is 0 Å². The van der Waals surface area contributed by atoms with E-state index in [1.807, 2.05) is 6.07 Å². The maximum absolute atomic E-state index is 10.8. The van der Waals surface area contributed by atoms with E-state index in [2.05, 4.69) is 24.1 Å². The van der Waals surface area contributed by atoms with Crippen molar-refractivity contribution in [1.29, 1.82) is 0 Å². The Balaban J connectivity index is 2.84. The van der Waals surface area contributed by atoms with Gasteiger partial charge in [-0.3, -0.25) is 0 Å². The van der Waals surface area contributed by atoms with Crippen molar-refractivity contribution >= 4 is 11.7 Å². The van der Waals surface area contributed by atoms with E-state index < -0.39 is 5.97 Å². The van der Waals surface area contributed by atoms with Crippen LogP contribution in [-0.4, -0.2) is 22.6 Å². The first kappa shape index (κ1) is 11.5. The van der Waals surface area contributed by atoms with Crippen molar-refractivity contribution in [2.75, 3.05) is 11.9 Å². The van der Waals surface area contributed by atoms with Gasteiger partial charge in [0, 0.05) is 17.9 Å². The van der Waals surface area contributed by atoms with Crippen LogP contribution in [0.15, 0.2) is 12.1 Å². The molecular weight excluding hydrogens is 192 g/mol. The largest absolute Gasteiger partial charge is 0.477 e. The highest BCUT2D eigenvalue weighted by atomic mass is 16.4. The number of pyridine rings is 1. The summed E-state index contributed by atoms with van der Waals surface area (Å²) in [5.74, 6) is -0.474. The molecule has 15 heavy (non-hydrogen) atoms. The molecule has 4 heteroatoms. The van der Waals surface area contributed by atoms with Crippen LogP contribution in [0, 0.1) is 12.8 Å². The molecular formula is C11H16N2O2. The lowest BCUT2D eigenvalue weighted by Crippen LogP contribution is -2.10. The molecule has 1 rings (SSSR count). The van der Waals surface area contributed by atoms with Crippen molar-refractivity contribution in [2.45, 2.75) is 20.8 Å². The van der Waals surface area contributed by atoms with Crippen LogP contribution in [0.5, 0.6) is 0 Å². The smallest absolute Gasteiger partial charge is 0.354 e. The number of aromatic carboxylic acids is 1. The van der Waals surface area contributed by atoms with Gasteiger partial charge in [0.05, 0.1) is 0 Å². The van der Waals surface area contributed by atoms with Crippen LogP contribution in [0.3, 0.4) is 0 Å². The maximum atomic E-state index is 10.8. The van der Waals surface area contributed by atoms with Crippen LogP contribution in [0.2, 0.25) is 0 Å². The molecule has 0 aliphatic heterocycles. The highest BCUT2D eigenvalue weighted by molar-refractivity contribution is 5.86. The van der Waals surface area contributed by atoms with Crippen LogP contribution in [0.25, 0.3) is 0 Å². The Hall–Kier alpha value is -1.58. The standard InChI is InChI=1S/C11H16N2O2/c1-7(2)6-12-9-4-8(3)13-10(5-9)11(14)15/h4-5,7H,6H2,1-3H3,(H,12,13)(H,14,15). The third-order valence-corrected chi connectivity index (χ3v) is 1.89. The van der Waals surface area contributed by atoms with E-state index in [4.69, 9.17) is 5.11 Å². The SMILES string of the molecule is Cc1cc(NCC(C)C)cc(C(=O)O)n1. The van der Waals surface area contributed by atoms with Crippen molar-refractivity contribution < 1.29 is 9.90 Å². The molecule has 0 amide bonds. The van der Waals surface area contributed by atoms with E-state index in [-0.39, 0.29) is 5.69 Å². The van der Waals surface area contributed by atoms with Crippen LogP contribution in [0.1, 0.15) is 30.0 Å². The van der Waals surface area contributed by atoms with Crippen LogP contribution in [0.4, 0.5) is 5.69 Å². The number of nitrogens with one attached hydrogen (secondary N) is 1. The Morgan fingerprint density at radius 2 is 2.20 bits per heavy atom. The van der Waals surface area contributed by atoms with E-state index in [0.717, 1.165) is 12.2 Å². The van der Waals surface area contributed by atoms with Gasteiger partial charge in [-0.2, -0.15) is 0 Å². The predicted octanol–water partition coefficient (Wildman–Crippen LogP) is 2.16. The first-order valence-corrected chi connectivity index (χ1v) is 4.95. The fraction of sp³-hybridized carbons (Fsp3) is 0.455. The molecule has 4 nitrogen and oxygen atoms in total. The Bertz CT molecular complexity index is 362. The number of aryl methyl sites for hydroxylation is 1. The second-order valence-corrected chi connectivity index (χ2v) is 3.96. The zero-order valence-electron chi connectivity index (χ0n) is 9.24. The molecule has 1 aromatic heterocycles. The summed E-state index contributed by atoms with van der Waals surface area (Å²) in [6, 6.07) is 3.40. The fourth-order valence-electron chi connectivity index (χ4n) is 1.20. The molecule has 0 fully saturated rings. The topological polar surface area (TPSA) is 62.2 Å². The molecule has 1 aromatic rings. The van der Waals surface area contributed by atoms with Crippen molar-refractivity contribution in [2.24, 2.45) is 5.92 Å². The van der Waals surface area contributed by atoms with Gasteiger partial charge in [0.2, 0.25) is 0 Å². The normalized spacial score (nSPS) is 10.4. The summed E-state index contributed by atoms with van der Waals surface area (Å²) in [6.07, 6.45) is 0. The molecule has 0 aromatic carbocycles. The summed E-state index contributed by atoms with van der Waals surface area (Å²) in [5, 5.41) is 12.0. The highest BCUT2D eigenvalue weighted by Gasteiger charge is 2.07. The second kappa shape index (κ2) is 4.77. The van der Waals surface area contributed by atoms with E-state index >= 15 is 0 Å². The average molecular weight is 208 g/mol. The average Bonchev–Trinajstić information content (AvgIpc) is 2.13. The van der Waals surface area contributed by atoms with Crippen LogP contribution >= 0.6 is 0 Å². The number of carbonyl (C=O) groups is 1. The molecule has 0 bridgehead atoms. The number of hydrogen-bond donors (Lipinski definition) is 2. The second-order valence-electron chi connectivity index (χ2n) is 3.96. The Labute approximate surface area is 89.3 Å². The summed E-state index contributed by atoms with van der Waals surface area (Å²) in [6.45, 7) is 6.80. The highest BCUT2D eigenvalue weighted by Crippen LogP contribution is 2.11. The van der Waals surface area contributed by atoms with Crippen molar-refractivity contribution in [3.05, 3.63) is 23.5 Å². The van der Waals surface area contributed by atoms with Gasteiger partial charge in [0.15, 0.2) is 5.69 Å². The van der Waals surface area contributed by atoms with Gasteiger partial charge >= 0.3 is 5.97 Å². The van der Waals surface area contributed by atoms with Gasteiger partial charge < -0.3 is 10.4 Å². The monoisotopic (exact) mass is 208 g/mol. The molecule has 0 spiro atoms. The Morgan fingerprint density at radius 3 is 2.73 bits per heavy atom. The number of carboxylic acids is 1. The van der Waals surface area contributed by atoms with Crippen LogP contribution < -0.4 is 5.32 Å². The molecule has 1 heterocycles. The first-order chi connectivity index (χ1) is 6.99. The minimum Gasteiger partial charge on any atom is -0.477 e. The molecule has 82 valence electrons. The number of anilines is 1. The molecule has 2 N–H and O–H groups in total. The van der Waals surface area contributed by atoms with Gasteiger partial charge in [-0.1, -0.05) is 13.8 Å². The number of carboxylic acid groups (broad SMARTS) is 1. The number of nitrogens with zero attached hydrogens (tertiary/aromatic N) is 1. The number of aromatic nitrogens is 1. The summed E-state index contributed by atoms with van der Waals surface area (Å²) >= 11 is 0. The third kappa shape index (κ3) is 3.58. The van der Waals surface area contributed by atoms with E-state index in [0.29, 0.717) is 11.6 Å². The Morgan fingerprint density at radius 1 is 1.53 bits per heavy atom. The fourth-order valence-corrected chi connectivity index (χ4v) is 1.20. The molecule has 0 atom stereocenters. The summed E-state index contributed by atoms with van der Waals surface area (Å²) in [7, 11) is 0. The van der Waals surface area contributed by atoms with E-state index in [1.54, 1.807) is 13.0 Å². The third-order valence-electron chi connectivity index (χ3n) is 1.89. The summed E-state index contributed by atoms with van der Waals surface area (Å²) in [5.41, 5.74) is 1.61. The summed E-state index contributed by atoms with van der Waals surface area (Å²) < 4.78 is 0. The molecule has 0 saturated carbocycles. The number of hydrogen-bond acceptors (Lipinski definition) is 3. The quantitative estimate of drug-likeness (QED) is 0.795. The Kier molecular flexibility index (Phi) is 3.66. The lowest BCUT2D eigenvalue weighted by molar-refractivity contribution is 0.0690. The summed E-state index contributed by atoms with van der Waals surface area (Å²) in [4.78, 5) is 14.7. The van der Waals surface area contributed by atoms with Crippen LogP contribution in [-0.2, 0) is 0 Å². The maximum Gasteiger partial charge on any atom is 0.354 e. The minimum absolute atomic E-state index is 0.0845. The molecule has 0 aliphatic rings. The van der Waals surface area contributed by atoms with Gasteiger partial charge in [-0.25, -0.2) is 9.78 Å². The molecule has 0 radical (unpaired) electrons. The van der Waals surface area contributed by atoms with Crippen molar-refractivity contribution in [3.63, 3.8) is 0 Å². The predicted molar refractivity (Wildman–Crippen MR) is 59.3 cm³/mol. The minimum atomic E-state index is -0.994. The van der Waals surface area contributed by atoms with Gasteiger partial charge in [-0.15, -0.1) is 0 Å². The first-order valence-electron chi connectivity index (χ1n) is 4.95. The lowest BCUT2D eigenvalue weighted by atomic mass is 10.2. The lowest BCUT2D eigenvalue weighted by Gasteiger charge is -2.09. The van der Waals surface area contributed by atoms with E-state index in [9.17, 15) is 4.79 Å². The van der Waals surface area contributed by atoms with Crippen molar-refractivity contribution in [1.82, 2.24) is 4.98 Å². The van der Waals surface area contributed by atoms with Gasteiger partial charge in [-0.05, 0) is 25.0 Å². The number of rotatable bonds is 4. The van der Waals surface area contributed by atoms with Gasteiger partial charge in [0.1, 0.15) is 0 Å². The van der Waals surface area contributed by atoms with Gasteiger partial charge in [0.25, 0.3) is 0 Å². The zero-order chi connectivity index (χ0) is 11.4. The molecule has 0 unspecified atom stereocenters.